The Kier molecular flexibility index (Phi) is 5.15. The molecule has 0 aromatic heterocycles. The molecule has 78 valence electrons. The molecule has 0 saturated carbocycles. The summed E-state index contributed by atoms with van der Waals surface area (Å²) >= 11 is 0. The second-order valence-electron chi connectivity index (χ2n) is 3.17. The SMILES string of the molecule is FCCCNCCc1ccc(F)cc1. The van der Waals surface area contributed by atoms with Gasteiger partial charge in [-0.1, -0.05) is 12.1 Å². The van der Waals surface area contributed by atoms with Gasteiger partial charge in [-0.2, -0.15) is 0 Å². The summed E-state index contributed by atoms with van der Waals surface area (Å²) in [6.45, 7) is 1.24. The molecule has 0 atom stereocenters. The van der Waals surface area contributed by atoms with Crippen LogP contribution < -0.4 is 5.32 Å². The normalized spacial score (nSPS) is 10.4. The van der Waals surface area contributed by atoms with E-state index in [1.807, 2.05) is 0 Å². The molecular weight excluding hydrogens is 184 g/mol. The lowest BCUT2D eigenvalue weighted by Crippen LogP contribution is -2.18. The molecule has 1 rings (SSSR count). The molecule has 1 aromatic carbocycles. The van der Waals surface area contributed by atoms with E-state index in [1.165, 1.54) is 12.1 Å². The first-order valence-corrected chi connectivity index (χ1v) is 4.84. The zero-order chi connectivity index (χ0) is 10.2. The number of alkyl halides is 1. The molecule has 0 aliphatic rings. The van der Waals surface area contributed by atoms with Crippen LogP contribution in [0.2, 0.25) is 0 Å². The van der Waals surface area contributed by atoms with Gasteiger partial charge in [0.15, 0.2) is 0 Å². The Bertz CT molecular complexity index is 246. The van der Waals surface area contributed by atoms with E-state index in [0.717, 1.165) is 18.5 Å². The fourth-order valence-corrected chi connectivity index (χ4v) is 1.20. The van der Waals surface area contributed by atoms with Crippen LogP contribution in [0.5, 0.6) is 0 Å². The fraction of sp³-hybridized carbons (Fsp3) is 0.455. The van der Waals surface area contributed by atoms with Crippen molar-refractivity contribution in [3.8, 4) is 0 Å². The number of halogens is 2. The minimum Gasteiger partial charge on any atom is -0.316 e. The van der Waals surface area contributed by atoms with Crippen LogP contribution in [0.1, 0.15) is 12.0 Å². The zero-order valence-electron chi connectivity index (χ0n) is 8.10. The molecule has 0 saturated heterocycles. The molecule has 1 nitrogen and oxygen atoms in total. The molecule has 14 heavy (non-hydrogen) atoms. The fourth-order valence-electron chi connectivity index (χ4n) is 1.20. The summed E-state index contributed by atoms with van der Waals surface area (Å²) in [4.78, 5) is 0. The predicted molar refractivity (Wildman–Crippen MR) is 53.6 cm³/mol. The molecule has 1 N–H and O–H groups in total. The van der Waals surface area contributed by atoms with Crippen LogP contribution in [0.4, 0.5) is 8.78 Å². The van der Waals surface area contributed by atoms with E-state index < -0.39 is 0 Å². The van der Waals surface area contributed by atoms with E-state index in [4.69, 9.17) is 0 Å². The van der Waals surface area contributed by atoms with Gasteiger partial charge < -0.3 is 5.32 Å². The highest BCUT2D eigenvalue weighted by molar-refractivity contribution is 5.16. The van der Waals surface area contributed by atoms with Crippen LogP contribution in [-0.2, 0) is 6.42 Å². The first kappa shape index (κ1) is 11.1. The van der Waals surface area contributed by atoms with Crippen molar-refractivity contribution in [1.82, 2.24) is 5.32 Å². The van der Waals surface area contributed by atoms with E-state index >= 15 is 0 Å². The van der Waals surface area contributed by atoms with Gasteiger partial charge in [0.1, 0.15) is 5.82 Å². The lowest BCUT2D eigenvalue weighted by Gasteiger charge is -2.03. The van der Waals surface area contributed by atoms with Crippen molar-refractivity contribution in [1.29, 1.82) is 0 Å². The molecule has 3 heteroatoms. The number of rotatable bonds is 6. The maximum absolute atomic E-state index is 12.5. The van der Waals surface area contributed by atoms with Crippen molar-refractivity contribution in [2.45, 2.75) is 12.8 Å². The largest absolute Gasteiger partial charge is 0.316 e. The van der Waals surface area contributed by atoms with E-state index in [-0.39, 0.29) is 12.5 Å². The number of benzene rings is 1. The average molecular weight is 199 g/mol. The Morgan fingerprint density at radius 1 is 1.07 bits per heavy atom. The Labute approximate surface area is 83.1 Å². The summed E-state index contributed by atoms with van der Waals surface area (Å²) in [5.74, 6) is -0.209. The third-order valence-electron chi connectivity index (χ3n) is 1.99. The average Bonchev–Trinajstić information content (AvgIpc) is 2.21. The molecule has 0 aliphatic heterocycles. The van der Waals surface area contributed by atoms with E-state index in [2.05, 4.69) is 5.32 Å². The summed E-state index contributed by atoms with van der Waals surface area (Å²) in [6, 6.07) is 6.45. The van der Waals surface area contributed by atoms with Crippen LogP contribution in [0, 0.1) is 5.82 Å². The first-order valence-electron chi connectivity index (χ1n) is 4.84. The topological polar surface area (TPSA) is 12.0 Å². The van der Waals surface area contributed by atoms with Gasteiger partial charge in [0, 0.05) is 0 Å². The maximum Gasteiger partial charge on any atom is 0.123 e. The van der Waals surface area contributed by atoms with Gasteiger partial charge >= 0.3 is 0 Å². The lowest BCUT2D eigenvalue weighted by atomic mass is 10.1. The summed E-state index contributed by atoms with van der Waals surface area (Å²) in [5.41, 5.74) is 1.10. The highest BCUT2D eigenvalue weighted by Crippen LogP contribution is 2.02. The molecule has 0 amide bonds. The number of nitrogens with one attached hydrogen (secondary N) is 1. The van der Waals surface area contributed by atoms with Gasteiger partial charge in [0.25, 0.3) is 0 Å². The molecule has 0 unspecified atom stereocenters. The van der Waals surface area contributed by atoms with Crippen LogP contribution in [0.15, 0.2) is 24.3 Å². The van der Waals surface area contributed by atoms with Gasteiger partial charge in [0.05, 0.1) is 6.67 Å². The van der Waals surface area contributed by atoms with Gasteiger partial charge in [-0.05, 0) is 43.6 Å². The van der Waals surface area contributed by atoms with Crippen molar-refractivity contribution in [2.24, 2.45) is 0 Å². The molecule has 0 aliphatic carbocycles. The predicted octanol–water partition coefficient (Wildman–Crippen LogP) is 2.32. The van der Waals surface area contributed by atoms with Crippen molar-refractivity contribution in [2.75, 3.05) is 19.8 Å². The van der Waals surface area contributed by atoms with Crippen molar-refractivity contribution in [3.05, 3.63) is 35.6 Å². The lowest BCUT2D eigenvalue weighted by molar-refractivity contribution is 0.460. The van der Waals surface area contributed by atoms with E-state index in [9.17, 15) is 8.78 Å². The molecule has 0 bridgehead atoms. The molecule has 0 fully saturated rings. The van der Waals surface area contributed by atoms with Gasteiger partial charge in [-0.25, -0.2) is 4.39 Å². The Balaban J connectivity index is 2.15. The smallest absolute Gasteiger partial charge is 0.123 e. The number of hydrogen-bond donors (Lipinski definition) is 1. The van der Waals surface area contributed by atoms with E-state index in [1.54, 1.807) is 12.1 Å². The van der Waals surface area contributed by atoms with Crippen molar-refractivity contribution in [3.63, 3.8) is 0 Å². The van der Waals surface area contributed by atoms with Gasteiger partial charge in [-0.3, -0.25) is 4.39 Å². The molecular formula is C11H15F2N. The van der Waals surface area contributed by atoms with Crippen LogP contribution in [0.3, 0.4) is 0 Å². The number of hydrogen-bond acceptors (Lipinski definition) is 1. The van der Waals surface area contributed by atoms with Crippen LogP contribution in [-0.4, -0.2) is 19.8 Å². The quantitative estimate of drug-likeness (QED) is 0.693. The Morgan fingerprint density at radius 3 is 2.43 bits per heavy atom. The second kappa shape index (κ2) is 6.49. The van der Waals surface area contributed by atoms with Gasteiger partial charge in [0.2, 0.25) is 0 Å². The summed E-state index contributed by atoms with van der Waals surface area (Å²) in [7, 11) is 0. The molecule has 0 heterocycles. The first-order chi connectivity index (χ1) is 6.83. The van der Waals surface area contributed by atoms with Crippen molar-refractivity contribution >= 4 is 0 Å². The van der Waals surface area contributed by atoms with Gasteiger partial charge in [-0.15, -0.1) is 0 Å². The van der Waals surface area contributed by atoms with Crippen LogP contribution in [0.25, 0.3) is 0 Å². The van der Waals surface area contributed by atoms with Crippen LogP contribution >= 0.6 is 0 Å². The molecule has 0 spiro atoms. The summed E-state index contributed by atoms with van der Waals surface area (Å²) in [6.07, 6.45) is 1.41. The highest BCUT2D eigenvalue weighted by atomic mass is 19.1. The van der Waals surface area contributed by atoms with Crippen molar-refractivity contribution < 1.29 is 8.78 Å². The third-order valence-corrected chi connectivity index (χ3v) is 1.99. The monoisotopic (exact) mass is 199 g/mol. The summed E-state index contributed by atoms with van der Waals surface area (Å²) < 4.78 is 24.2. The Hall–Kier alpha value is -0.960. The zero-order valence-corrected chi connectivity index (χ0v) is 8.10. The molecule has 0 radical (unpaired) electrons. The third kappa shape index (κ3) is 4.33. The standard InChI is InChI=1S/C11H15F2N/c12-7-1-8-14-9-6-10-2-4-11(13)5-3-10/h2-5,14H,1,6-9H2. The highest BCUT2D eigenvalue weighted by Gasteiger charge is 1.93. The summed E-state index contributed by atoms with van der Waals surface area (Å²) in [5, 5.41) is 3.12. The minimum atomic E-state index is -0.274. The maximum atomic E-state index is 12.5. The van der Waals surface area contributed by atoms with E-state index in [0.29, 0.717) is 13.0 Å². The second-order valence-corrected chi connectivity index (χ2v) is 3.17. The Morgan fingerprint density at radius 2 is 1.79 bits per heavy atom. The minimum absolute atomic E-state index is 0.209. The molecule has 1 aromatic rings.